The Hall–Kier alpha value is -2.20. The Bertz CT molecular complexity index is 531. The first-order valence-electron chi connectivity index (χ1n) is 6.45. The Labute approximate surface area is 118 Å². The van der Waals surface area contributed by atoms with E-state index < -0.39 is 12.0 Å². The van der Waals surface area contributed by atoms with E-state index in [0.717, 1.165) is 16.9 Å². The molecule has 2 aromatic carbocycles. The Morgan fingerprint density at radius 2 is 2.00 bits per heavy atom. The number of carbonyl (C=O) groups is 1. The van der Waals surface area contributed by atoms with Crippen LogP contribution in [0.15, 0.2) is 48.5 Å². The average Bonchev–Trinajstić information content (AvgIpc) is 2.99. The third-order valence-corrected chi connectivity index (χ3v) is 3.02. The smallest absolute Gasteiger partial charge is 0.322 e. The first-order valence-corrected chi connectivity index (χ1v) is 6.45. The van der Waals surface area contributed by atoms with E-state index >= 15 is 0 Å². The molecule has 4 nitrogen and oxygen atoms in total. The van der Waals surface area contributed by atoms with Crippen LogP contribution in [0.5, 0.6) is 5.75 Å². The normalized spacial score (nSPS) is 11.9. The molecule has 1 atom stereocenters. The lowest BCUT2D eigenvalue weighted by Gasteiger charge is -2.11. The van der Waals surface area contributed by atoms with Crippen LogP contribution in [-0.4, -0.2) is 19.1 Å². The van der Waals surface area contributed by atoms with Crippen LogP contribution < -0.4 is 10.5 Å². The number of methoxy groups -OCH3 is 1. The van der Waals surface area contributed by atoms with Crippen molar-refractivity contribution in [3.8, 4) is 5.75 Å². The standard InChI is InChI=1S/C16H18NO3/c1-19-16(18)15(17)10-12-6-8-14(9-7-12)20-11-13-4-2-3-5-13/h2-9,15H,10-11,17H2,1H3/q-1. The van der Waals surface area contributed by atoms with Gasteiger partial charge < -0.3 is 15.2 Å². The molecule has 2 aromatic rings. The number of esters is 1. The fraction of sp³-hybridized carbons (Fsp3) is 0.250. The molecule has 0 aromatic heterocycles. The van der Waals surface area contributed by atoms with Crippen molar-refractivity contribution in [2.24, 2.45) is 5.73 Å². The predicted octanol–water partition coefficient (Wildman–Crippen LogP) is 2.03. The molecule has 0 spiro atoms. The zero-order valence-corrected chi connectivity index (χ0v) is 11.4. The van der Waals surface area contributed by atoms with Crippen molar-refractivity contribution in [3.05, 3.63) is 59.7 Å². The second-order valence-electron chi connectivity index (χ2n) is 4.56. The molecule has 106 valence electrons. The maximum absolute atomic E-state index is 11.2. The maximum atomic E-state index is 11.2. The monoisotopic (exact) mass is 272 g/mol. The second kappa shape index (κ2) is 6.82. The minimum Gasteiger partial charge on any atom is -0.502 e. The highest BCUT2D eigenvalue weighted by atomic mass is 16.5. The number of nitrogens with two attached hydrogens (primary N) is 1. The minimum absolute atomic E-state index is 0.401. The number of rotatable bonds is 6. The topological polar surface area (TPSA) is 61.5 Å². The van der Waals surface area contributed by atoms with Crippen LogP contribution >= 0.6 is 0 Å². The van der Waals surface area contributed by atoms with Gasteiger partial charge in [0, 0.05) is 0 Å². The van der Waals surface area contributed by atoms with Gasteiger partial charge >= 0.3 is 5.97 Å². The number of carbonyl (C=O) groups excluding carboxylic acids is 1. The van der Waals surface area contributed by atoms with Gasteiger partial charge in [0.15, 0.2) is 0 Å². The van der Waals surface area contributed by atoms with E-state index in [0.29, 0.717) is 13.0 Å². The number of hydrogen-bond donors (Lipinski definition) is 1. The van der Waals surface area contributed by atoms with Crippen molar-refractivity contribution in [3.63, 3.8) is 0 Å². The molecule has 2 N–H and O–H groups in total. The number of hydrogen-bond acceptors (Lipinski definition) is 4. The van der Waals surface area contributed by atoms with E-state index in [1.807, 2.05) is 48.5 Å². The average molecular weight is 272 g/mol. The molecular weight excluding hydrogens is 254 g/mol. The fourth-order valence-electron chi connectivity index (χ4n) is 1.89. The van der Waals surface area contributed by atoms with Crippen molar-refractivity contribution in [2.45, 2.75) is 19.1 Å². The maximum Gasteiger partial charge on any atom is 0.322 e. The summed E-state index contributed by atoms with van der Waals surface area (Å²) in [4.78, 5) is 11.2. The summed E-state index contributed by atoms with van der Waals surface area (Å²) in [6, 6.07) is 14.9. The third kappa shape index (κ3) is 3.90. The van der Waals surface area contributed by atoms with Gasteiger partial charge in [-0.1, -0.05) is 12.1 Å². The summed E-state index contributed by atoms with van der Waals surface area (Å²) in [5, 5.41) is 0. The first-order chi connectivity index (χ1) is 9.69. The highest BCUT2D eigenvalue weighted by molar-refractivity contribution is 5.75. The van der Waals surface area contributed by atoms with Crippen LogP contribution in [0.2, 0.25) is 0 Å². The van der Waals surface area contributed by atoms with Crippen molar-refractivity contribution < 1.29 is 14.3 Å². The van der Waals surface area contributed by atoms with Crippen LogP contribution in [0.25, 0.3) is 0 Å². The molecule has 0 fully saturated rings. The first kappa shape index (κ1) is 14.2. The highest BCUT2D eigenvalue weighted by Gasteiger charge is 2.13. The molecule has 0 aliphatic rings. The Morgan fingerprint density at radius 1 is 1.25 bits per heavy atom. The largest absolute Gasteiger partial charge is 0.502 e. The summed E-state index contributed by atoms with van der Waals surface area (Å²) in [7, 11) is 1.34. The van der Waals surface area contributed by atoms with Crippen LogP contribution in [0.3, 0.4) is 0 Å². The Morgan fingerprint density at radius 3 is 2.60 bits per heavy atom. The lowest BCUT2D eigenvalue weighted by atomic mass is 10.1. The number of benzene rings is 1. The molecule has 0 aliphatic carbocycles. The molecule has 0 amide bonds. The molecular formula is C16H18NO3-. The van der Waals surface area contributed by atoms with Crippen LogP contribution in [-0.2, 0) is 22.6 Å². The third-order valence-electron chi connectivity index (χ3n) is 3.02. The lowest BCUT2D eigenvalue weighted by molar-refractivity contribution is -0.142. The van der Waals surface area contributed by atoms with Crippen molar-refractivity contribution in [1.29, 1.82) is 0 Å². The Balaban J connectivity index is 1.87. The van der Waals surface area contributed by atoms with Gasteiger partial charge in [0.25, 0.3) is 0 Å². The van der Waals surface area contributed by atoms with Crippen LogP contribution in [0.4, 0.5) is 0 Å². The van der Waals surface area contributed by atoms with E-state index in [1.54, 1.807) is 0 Å². The molecule has 0 bridgehead atoms. The molecule has 20 heavy (non-hydrogen) atoms. The summed E-state index contributed by atoms with van der Waals surface area (Å²) >= 11 is 0. The van der Waals surface area contributed by atoms with Gasteiger partial charge in [0.05, 0.1) is 13.7 Å². The quantitative estimate of drug-likeness (QED) is 0.645. The van der Waals surface area contributed by atoms with Gasteiger partial charge in [0.1, 0.15) is 11.8 Å². The summed E-state index contributed by atoms with van der Waals surface area (Å²) in [5.41, 5.74) is 7.83. The summed E-state index contributed by atoms with van der Waals surface area (Å²) in [5.74, 6) is 0.392. The van der Waals surface area contributed by atoms with Crippen LogP contribution in [0, 0.1) is 0 Å². The predicted molar refractivity (Wildman–Crippen MR) is 76.5 cm³/mol. The zero-order valence-electron chi connectivity index (χ0n) is 11.4. The second-order valence-corrected chi connectivity index (χ2v) is 4.56. The van der Waals surface area contributed by atoms with Gasteiger partial charge in [-0.25, -0.2) is 6.07 Å². The zero-order chi connectivity index (χ0) is 14.4. The van der Waals surface area contributed by atoms with E-state index in [-0.39, 0.29) is 0 Å². The van der Waals surface area contributed by atoms with Gasteiger partial charge in [-0.3, -0.25) is 4.79 Å². The fourth-order valence-corrected chi connectivity index (χ4v) is 1.89. The molecule has 0 heterocycles. The van der Waals surface area contributed by atoms with Crippen molar-refractivity contribution in [1.82, 2.24) is 0 Å². The number of ether oxygens (including phenoxy) is 2. The van der Waals surface area contributed by atoms with Gasteiger partial charge in [-0.05, 0) is 24.1 Å². The van der Waals surface area contributed by atoms with Crippen molar-refractivity contribution >= 4 is 5.97 Å². The molecule has 0 aliphatic heterocycles. The SMILES string of the molecule is COC(=O)C(N)Cc1ccc(OCc2cc[cH-]c2)cc1. The van der Waals surface area contributed by atoms with E-state index in [9.17, 15) is 4.79 Å². The van der Waals surface area contributed by atoms with Crippen LogP contribution in [0.1, 0.15) is 11.1 Å². The van der Waals surface area contributed by atoms with E-state index in [2.05, 4.69) is 4.74 Å². The summed E-state index contributed by atoms with van der Waals surface area (Å²) < 4.78 is 10.3. The lowest BCUT2D eigenvalue weighted by Crippen LogP contribution is -2.33. The highest BCUT2D eigenvalue weighted by Crippen LogP contribution is 2.15. The van der Waals surface area contributed by atoms with Crippen molar-refractivity contribution in [2.75, 3.05) is 7.11 Å². The van der Waals surface area contributed by atoms with E-state index in [4.69, 9.17) is 10.5 Å². The summed E-state index contributed by atoms with van der Waals surface area (Å²) in [6.07, 6.45) is 0.454. The summed E-state index contributed by atoms with van der Waals surface area (Å²) in [6.45, 7) is 0.550. The molecule has 0 saturated heterocycles. The van der Waals surface area contributed by atoms with E-state index in [1.165, 1.54) is 7.11 Å². The van der Waals surface area contributed by atoms with Gasteiger partial charge in [0.2, 0.25) is 0 Å². The molecule has 0 saturated carbocycles. The molecule has 0 radical (unpaired) electrons. The van der Waals surface area contributed by atoms with Gasteiger partial charge in [-0.15, -0.1) is 0 Å². The van der Waals surface area contributed by atoms with Gasteiger partial charge in [-0.2, -0.15) is 23.8 Å². The molecule has 2 rings (SSSR count). The molecule has 1 unspecified atom stereocenters. The Kier molecular flexibility index (Phi) is 4.85. The minimum atomic E-state index is -0.629. The molecule has 4 heteroatoms.